The van der Waals surface area contributed by atoms with Crippen LogP contribution in [0.5, 0.6) is 5.75 Å². The van der Waals surface area contributed by atoms with Crippen LogP contribution in [0.3, 0.4) is 0 Å². The molecule has 2 atom stereocenters. The summed E-state index contributed by atoms with van der Waals surface area (Å²) in [5.74, 6) is 0.697. The van der Waals surface area contributed by atoms with Crippen LogP contribution >= 0.6 is 0 Å². The Balaban J connectivity index is 2.34. The maximum absolute atomic E-state index is 7.06. The fourth-order valence-electron chi connectivity index (χ4n) is 3.83. The van der Waals surface area contributed by atoms with Gasteiger partial charge < -0.3 is 24.2 Å². The molecule has 0 radical (unpaired) electrons. The highest BCUT2D eigenvalue weighted by molar-refractivity contribution is 6.74. The van der Waals surface area contributed by atoms with Crippen molar-refractivity contribution in [1.82, 2.24) is 0 Å². The standard InChI is InChI=1S/C26H46BNO4Si/c1-19(27-31-24(5,6)25(7,8)32-27)22(17-18-30-33(11,12)23(2,3)4)26(9,28)20-13-15-21(29-10)16-14-20/h13-16,22H,1,17-18,28H2,2-12H3/t22-,26-/m0/s1. The maximum atomic E-state index is 7.06. The largest absolute Gasteiger partial charge is 0.497 e. The van der Waals surface area contributed by atoms with Gasteiger partial charge in [0, 0.05) is 18.1 Å². The summed E-state index contributed by atoms with van der Waals surface area (Å²) in [6.45, 7) is 26.7. The number of benzene rings is 1. The van der Waals surface area contributed by atoms with Crippen LogP contribution in [-0.4, -0.2) is 40.4 Å². The number of methoxy groups -OCH3 is 1. The zero-order chi connectivity index (χ0) is 25.5. The van der Waals surface area contributed by atoms with E-state index in [1.165, 1.54) is 0 Å². The monoisotopic (exact) mass is 475 g/mol. The Labute approximate surface area is 203 Å². The highest BCUT2D eigenvalue weighted by atomic mass is 28.4. The molecule has 1 saturated heterocycles. The Kier molecular flexibility index (Phi) is 8.09. The molecule has 1 aliphatic rings. The number of nitrogens with two attached hydrogens (primary N) is 1. The first-order valence-electron chi connectivity index (χ1n) is 12.0. The molecule has 1 fully saturated rings. The Morgan fingerprint density at radius 2 is 1.55 bits per heavy atom. The molecular weight excluding hydrogens is 429 g/mol. The summed E-state index contributed by atoms with van der Waals surface area (Å²) in [5, 5.41) is 0.146. The fourth-order valence-corrected chi connectivity index (χ4v) is 4.89. The summed E-state index contributed by atoms with van der Waals surface area (Å²) in [5.41, 5.74) is 7.36. The number of rotatable bonds is 9. The molecule has 0 aliphatic carbocycles. The lowest BCUT2D eigenvalue weighted by Crippen LogP contribution is -2.47. The second-order valence-corrected chi connectivity index (χ2v) is 16.9. The molecule has 5 nitrogen and oxygen atoms in total. The average molecular weight is 476 g/mol. The van der Waals surface area contributed by atoms with Crippen LogP contribution in [-0.2, 0) is 19.3 Å². The summed E-state index contributed by atoms with van der Waals surface area (Å²) >= 11 is 0. The second kappa shape index (κ2) is 9.50. The number of hydrogen-bond acceptors (Lipinski definition) is 5. The lowest BCUT2D eigenvalue weighted by atomic mass is 9.63. The van der Waals surface area contributed by atoms with Crippen LogP contribution in [0.25, 0.3) is 0 Å². The Morgan fingerprint density at radius 1 is 1.06 bits per heavy atom. The van der Waals surface area contributed by atoms with Gasteiger partial charge in [-0.2, -0.15) is 0 Å². The predicted octanol–water partition coefficient (Wildman–Crippen LogP) is 6.08. The Morgan fingerprint density at radius 3 is 1.97 bits per heavy atom. The minimum atomic E-state index is -1.88. The average Bonchev–Trinajstić information content (AvgIpc) is 2.91. The van der Waals surface area contributed by atoms with E-state index in [1.807, 2.05) is 24.3 Å². The van der Waals surface area contributed by atoms with Crippen LogP contribution < -0.4 is 10.5 Å². The van der Waals surface area contributed by atoms with Crippen LogP contribution in [0, 0.1) is 5.92 Å². The Bertz CT molecular complexity index is 812. The summed E-state index contributed by atoms with van der Waals surface area (Å²) in [4.78, 5) is 0. The van der Waals surface area contributed by atoms with Crippen LogP contribution in [0.15, 0.2) is 36.3 Å². The van der Waals surface area contributed by atoms with Crippen molar-refractivity contribution in [2.45, 2.75) is 96.7 Å². The van der Waals surface area contributed by atoms with Crippen molar-refractivity contribution in [3.8, 4) is 5.75 Å². The molecule has 0 aromatic heterocycles. The van der Waals surface area contributed by atoms with Gasteiger partial charge in [0.25, 0.3) is 0 Å². The van der Waals surface area contributed by atoms with Gasteiger partial charge in [-0.3, -0.25) is 0 Å². The van der Waals surface area contributed by atoms with Crippen LogP contribution in [0.2, 0.25) is 18.1 Å². The topological polar surface area (TPSA) is 62.9 Å². The first-order valence-corrected chi connectivity index (χ1v) is 14.9. The van der Waals surface area contributed by atoms with Gasteiger partial charge in [-0.25, -0.2) is 0 Å². The molecule has 0 unspecified atom stereocenters. The van der Waals surface area contributed by atoms with E-state index in [1.54, 1.807) is 7.11 Å². The van der Waals surface area contributed by atoms with Crippen LogP contribution in [0.1, 0.15) is 67.4 Å². The van der Waals surface area contributed by atoms with Crippen molar-refractivity contribution in [2.24, 2.45) is 11.7 Å². The smallest absolute Gasteiger partial charge is 0.490 e. The zero-order valence-electron chi connectivity index (χ0n) is 22.8. The van der Waals surface area contributed by atoms with E-state index in [-0.39, 0.29) is 11.0 Å². The van der Waals surface area contributed by atoms with E-state index >= 15 is 0 Å². The van der Waals surface area contributed by atoms with Crippen molar-refractivity contribution in [3.05, 3.63) is 41.9 Å². The summed E-state index contributed by atoms with van der Waals surface area (Å²) < 4.78 is 24.6. The summed E-state index contributed by atoms with van der Waals surface area (Å²) in [7, 11) is -0.739. The van der Waals surface area contributed by atoms with E-state index in [0.29, 0.717) is 6.61 Å². The molecule has 1 aliphatic heterocycles. The summed E-state index contributed by atoms with van der Waals surface area (Å²) in [6.07, 6.45) is 0.731. The minimum Gasteiger partial charge on any atom is -0.497 e. The van der Waals surface area contributed by atoms with Crippen molar-refractivity contribution in [2.75, 3.05) is 13.7 Å². The molecule has 0 saturated carbocycles. The molecule has 1 aromatic rings. The van der Waals surface area contributed by atoms with Crippen molar-refractivity contribution in [1.29, 1.82) is 0 Å². The van der Waals surface area contributed by atoms with E-state index in [9.17, 15) is 0 Å². The molecule has 0 bridgehead atoms. The maximum Gasteiger partial charge on any atom is 0.490 e. The molecule has 1 heterocycles. The lowest BCUT2D eigenvalue weighted by Gasteiger charge is -2.39. The van der Waals surface area contributed by atoms with Gasteiger partial charge in [-0.1, -0.05) is 32.9 Å². The molecule has 33 heavy (non-hydrogen) atoms. The normalized spacial score (nSPS) is 20.9. The molecule has 0 spiro atoms. The van der Waals surface area contributed by atoms with E-state index in [2.05, 4.69) is 75.1 Å². The van der Waals surface area contributed by atoms with Gasteiger partial charge in [0.1, 0.15) is 5.75 Å². The molecular formula is C26H46BNO4Si. The number of ether oxygens (including phenoxy) is 1. The van der Waals surface area contributed by atoms with Crippen molar-refractivity contribution in [3.63, 3.8) is 0 Å². The highest BCUT2D eigenvalue weighted by Gasteiger charge is 2.54. The third kappa shape index (κ3) is 5.94. The minimum absolute atomic E-state index is 0.106. The first kappa shape index (κ1) is 28.1. The molecule has 2 rings (SSSR count). The quantitative estimate of drug-likeness (QED) is 0.438. The highest BCUT2D eigenvalue weighted by Crippen LogP contribution is 2.44. The third-order valence-electron chi connectivity index (χ3n) is 8.12. The van der Waals surface area contributed by atoms with Gasteiger partial charge in [0.05, 0.1) is 18.3 Å². The molecule has 1 aromatic carbocycles. The van der Waals surface area contributed by atoms with E-state index in [0.717, 1.165) is 23.2 Å². The third-order valence-corrected chi connectivity index (χ3v) is 12.7. The zero-order valence-corrected chi connectivity index (χ0v) is 23.8. The second-order valence-electron chi connectivity index (χ2n) is 12.1. The van der Waals surface area contributed by atoms with Crippen molar-refractivity contribution < 1.29 is 18.5 Å². The summed E-state index contributed by atoms with van der Waals surface area (Å²) in [6, 6.07) is 7.94. The first-order chi connectivity index (χ1) is 14.9. The lowest BCUT2D eigenvalue weighted by molar-refractivity contribution is 0.00578. The van der Waals surface area contributed by atoms with Gasteiger partial charge >= 0.3 is 7.12 Å². The molecule has 0 amide bonds. The SMILES string of the molecule is C=C(B1OC(C)(C)C(C)(C)O1)[C@H](CCO[Si](C)(C)C(C)(C)C)[C@@](C)(N)c1ccc(OC)cc1. The van der Waals surface area contributed by atoms with Gasteiger partial charge in [0.2, 0.25) is 0 Å². The predicted molar refractivity (Wildman–Crippen MR) is 141 cm³/mol. The molecule has 2 N–H and O–H groups in total. The van der Waals surface area contributed by atoms with Gasteiger partial charge in [-0.15, -0.1) is 6.58 Å². The fraction of sp³-hybridized carbons (Fsp3) is 0.692. The molecule has 186 valence electrons. The van der Waals surface area contributed by atoms with Crippen LogP contribution in [0.4, 0.5) is 0 Å². The van der Waals surface area contributed by atoms with Gasteiger partial charge in [0.15, 0.2) is 8.32 Å². The number of hydrogen-bond donors (Lipinski definition) is 1. The Hall–Kier alpha value is -1.12. The van der Waals surface area contributed by atoms with E-state index in [4.69, 9.17) is 24.2 Å². The van der Waals surface area contributed by atoms with Crippen molar-refractivity contribution >= 4 is 15.4 Å². The van der Waals surface area contributed by atoms with E-state index < -0.39 is 32.2 Å². The molecule has 7 heteroatoms. The van der Waals surface area contributed by atoms with Gasteiger partial charge in [-0.05, 0) is 82.3 Å².